The minimum atomic E-state index is 0.629. The molecule has 1 N–H and O–H groups in total. The van der Waals surface area contributed by atoms with Gasteiger partial charge < -0.3 is 19.5 Å². The van der Waals surface area contributed by atoms with Gasteiger partial charge in [-0.25, -0.2) is 9.97 Å². The molecule has 1 aliphatic heterocycles. The van der Waals surface area contributed by atoms with Gasteiger partial charge in [-0.1, -0.05) is 0 Å². The highest BCUT2D eigenvalue weighted by atomic mass is 32.1. The van der Waals surface area contributed by atoms with Crippen molar-refractivity contribution in [1.29, 1.82) is 0 Å². The molecule has 0 bridgehead atoms. The van der Waals surface area contributed by atoms with E-state index in [1.807, 2.05) is 12.1 Å². The molecule has 3 heterocycles. The number of benzene rings is 1. The Morgan fingerprint density at radius 3 is 2.79 bits per heavy atom. The second-order valence-electron chi connectivity index (χ2n) is 6.93. The Balaban J connectivity index is 1.46. The molecule has 2 aromatic heterocycles. The van der Waals surface area contributed by atoms with Gasteiger partial charge in [0, 0.05) is 36.0 Å². The molecule has 0 saturated carbocycles. The first-order valence-corrected chi connectivity index (χ1v) is 10.6. The molecule has 0 atom stereocenters. The van der Waals surface area contributed by atoms with Crippen LogP contribution in [-0.4, -0.2) is 61.4 Å². The van der Waals surface area contributed by atoms with Gasteiger partial charge in [-0.05, 0) is 31.5 Å². The summed E-state index contributed by atoms with van der Waals surface area (Å²) in [5.74, 6) is 2.15. The van der Waals surface area contributed by atoms with E-state index in [0.717, 1.165) is 61.0 Å². The molecule has 1 fully saturated rings. The van der Waals surface area contributed by atoms with Gasteiger partial charge in [0.25, 0.3) is 0 Å². The fourth-order valence-electron chi connectivity index (χ4n) is 3.35. The summed E-state index contributed by atoms with van der Waals surface area (Å²) in [6.07, 6.45) is 2.52. The number of hydrogen-bond donors (Lipinski definition) is 1. The van der Waals surface area contributed by atoms with Crippen LogP contribution in [0.1, 0.15) is 11.3 Å². The molecule has 0 unspecified atom stereocenters. The molecule has 154 valence electrons. The summed E-state index contributed by atoms with van der Waals surface area (Å²) in [6, 6.07) is 8.00. The molecule has 7 nitrogen and oxygen atoms in total. The zero-order valence-corrected chi connectivity index (χ0v) is 17.6. The van der Waals surface area contributed by atoms with Crippen molar-refractivity contribution in [3.05, 3.63) is 35.5 Å². The van der Waals surface area contributed by atoms with E-state index in [1.54, 1.807) is 24.8 Å². The lowest BCUT2D eigenvalue weighted by atomic mass is 10.2. The molecule has 4 rings (SSSR count). The number of anilines is 2. The van der Waals surface area contributed by atoms with Crippen LogP contribution in [0.5, 0.6) is 11.5 Å². The molecular formula is C21H26N4O3S. The predicted molar refractivity (Wildman–Crippen MR) is 116 cm³/mol. The van der Waals surface area contributed by atoms with Crippen LogP contribution in [0.15, 0.2) is 30.6 Å². The minimum Gasteiger partial charge on any atom is -0.493 e. The second kappa shape index (κ2) is 9.39. The molecule has 0 aliphatic carbocycles. The SMILES string of the molecule is COc1cc2c(Nc3ccc(C)s3)ncnc2cc1OCCCN1CCOCC1. The van der Waals surface area contributed by atoms with Crippen molar-refractivity contribution in [2.45, 2.75) is 13.3 Å². The van der Waals surface area contributed by atoms with Crippen molar-refractivity contribution < 1.29 is 14.2 Å². The van der Waals surface area contributed by atoms with Crippen LogP contribution >= 0.6 is 11.3 Å². The van der Waals surface area contributed by atoms with Crippen LogP contribution in [0.3, 0.4) is 0 Å². The van der Waals surface area contributed by atoms with Crippen molar-refractivity contribution in [3.8, 4) is 11.5 Å². The van der Waals surface area contributed by atoms with Crippen LogP contribution in [0.25, 0.3) is 10.9 Å². The van der Waals surface area contributed by atoms with Gasteiger partial charge in [0.05, 0.1) is 37.4 Å². The lowest BCUT2D eigenvalue weighted by Crippen LogP contribution is -2.37. The van der Waals surface area contributed by atoms with Crippen molar-refractivity contribution in [2.24, 2.45) is 0 Å². The Morgan fingerprint density at radius 2 is 2.03 bits per heavy atom. The molecule has 1 saturated heterocycles. The number of hydrogen-bond acceptors (Lipinski definition) is 8. The van der Waals surface area contributed by atoms with Crippen LogP contribution < -0.4 is 14.8 Å². The first-order chi connectivity index (χ1) is 14.2. The molecule has 8 heteroatoms. The summed E-state index contributed by atoms with van der Waals surface area (Å²) in [5, 5.41) is 5.33. The van der Waals surface area contributed by atoms with Crippen LogP contribution in [0.4, 0.5) is 10.8 Å². The largest absolute Gasteiger partial charge is 0.493 e. The second-order valence-corrected chi connectivity index (χ2v) is 8.22. The Bertz CT molecular complexity index is 956. The quantitative estimate of drug-likeness (QED) is 0.562. The van der Waals surface area contributed by atoms with Gasteiger partial charge >= 0.3 is 0 Å². The third-order valence-corrected chi connectivity index (χ3v) is 5.80. The summed E-state index contributed by atoms with van der Waals surface area (Å²) >= 11 is 1.69. The molecule has 29 heavy (non-hydrogen) atoms. The van der Waals surface area contributed by atoms with E-state index < -0.39 is 0 Å². The van der Waals surface area contributed by atoms with E-state index in [4.69, 9.17) is 14.2 Å². The molecule has 1 aliphatic rings. The summed E-state index contributed by atoms with van der Waals surface area (Å²) in [4.78, 5) is 12.5. The van der Waals surface area contributed by atoms with Crippen LogP contribution in [-0.2, 0) is 4.74 Å². The van der Waals surface area contributed by atoms with Gasteiger partial charge in [-0.2, -0.15) is 0 Å². The fourth-order valence-corrected chi connectivity index (χ4v) is 4.12. The Labute approximate surface area is 174 Å². The van der Waals surface area contributed by atoms with E-state index in [9.17, 15) is 0 Å². The van der Waals surface area contributed by atoms with Crippen LogP contribution in [0.2, 0.25) is 0 Å². The summed E-state index contributed by atoms with van der Waals surface area (Å²) in [6.45, 7) is 7.35. The fraction of sp³-hybridized carbons (Fsp3) is 0.429. The number of morpholine rings is 1. The third-order valence-electron chi connectivity index (χ3n) is 4.88. The smallest absolute Gasteiger partial charge is 0.163 e. The highest BCUT2D eigenvalue weighted by Crippen LogP contribution is 2.35. The minimum absolute atomic E-state index is 0.629. The monoisotopic (exact) mass is 414 g/mol. The number of nitrogens with zero attached hydrogens (tertiary/aromatic N) is 3. The van der Waals surface area contributed by atoms with Gasteiger partial charge in [0.1, 0.15) is 12.1 Å². The van der Waals surface area contributed by atoms with Crippen molar-refractivity contribution in [1.82, 2.24) is 14.9 Å². The summed E-state index contributed by atoms with van der Waals surface area (Å²) in [5.41, 5.74) is 0.819. The van der Waals surface area contributed by atoms with E-state index in [0.29, 0.717) is 18.1 Å². The Morgan fingerprint density at radius 1 is 1.17 bits per heavy atom. The number of aromatic nitrogens is 2. The van der Waals surface area contributed by atoms with Gasteiger partial charge in [-0.15, -0.1) is 11.3 Å². The predicted octanol–water partition coefficient (Wildman–Crippen LogP) is 3.85. The zero-order valence-electron chi connectivity index (χ0n) is 16.8. The maximum Gasteiger partial charge on any atom is 0.163 e. The lowest BCUT2D eigenvalue weighted by Gasteiger charge is -2.26. The van der Waals surface area contributed by atoms with Gasteiger partial charge in [0.2, 0.25) is 0 Å². The van der Waals surface area contributed by atoms with Gasteiger partial charge in [-0.3, -0.25) is 4.90 Å². The Hall–Kier alpha value is -2.42. The van der Waals surface area contributed by atoms with E-state index in [1.165, 1.54) is 4.88 Å². The lowest BCUT2D eigenvalue weighted by molar-refractivity contribution is 0.0357. The summed E-state index contributed by atoms with van der Waals surface area (Å²) < 4.78 is 17.0. The standard InChI is InChI=1S/C21H26N4O3S/c1-15-4-5-20(29-15)24-21-16-12-18(26-2)19(13-17(16)22-14-23-21)28-9-3-6-25-7-10-27-11-8-25/h4-5,12-14H,3,6-11H2,1-2H3,(H,22,23,24). The number of thiophene rings is 1. The molecule has 1 aromatic carbocycles. The average molecular weight is 415 g/mol. The first-order valence-electron chi connectivity index (χ1n) is 9.82. The number of aryl methyl sites for hydroxylation is 1. The highest BCUT2D eigenvalue weighted by Gasteiger charge is 2.13. The maximum atomic E-state index is 6.03. The number of fused-ring (bicyclic) bond motifs is 1. The van der Waals surface area contributed by atoms with Crippen molar-refractivity contribution >= 4 is 33.1 Å². The Kier molecular flexibility index (Phi) is 6.43. The number of methoxy groups -OCH3 is 1. The first kappa shape index (κ1) is 19.9. The van der Waals surface area contributed by atoms with Gasteiger partial charge in [0.15, 0.2) is 11.5 Å². The van der Waals surface area contributed by atoms with E-state index >= 15 is 0 Å². The highest BCUT2D eigenvalue weighted by molar-refractivity contribution is 7.16. The number of rotatable bonds is 8. The molecular weight excluding hydrogens is 388 g/mol. The number of nitrogens with one attached hydrogen (secondary N) is 1. The average Bonchev–Trinajstić information content (AvgIpc) is 3.16. The maximum absolute atomic E-state index is 6.03. The summed E-state index contributed by atoms with van der Waals surface area (Å²) in [7, 11) is 1.65. The number of ether oxygens (including phenoxy) is 3. The van der Waals surface area contributed by atoms with Crippen molar-refractivity contribution in [2.75, 3.05) is 51.9 Å². The molecule has 0 radical (unpaired) electrons. The van der Waals surface area contributed by atoms with E-state index in [-0.39, 0.29) is 0 Å². The van der Waals surface area contributed by atoms with E-state index in [2.05, 4.69) is 39.2 Å². The van der Waals surface area contributed by atoms with Crippen LogP contribution in [0, 0.1) is 6.92 Å². The zero-order chi connectivity index (χ0) is 20.1. The third kappa shape index (κ3) is 4.95. The molecule has 3 aromatic rings. The topological polar surface area (TPSA) is 68.7 Å². The normalized spacial score (nSPS) is 14.8. The van der Waals surface area contributed by atoms with Crippen molar-refractivity contribution in [3.63, 3.8) is 0 Å². The molecule has 0 amide bonds. The molecule has 0 spiro atoms.